The molecule has 0 radical (unpaired) electrons. The molecule has 124 valence electrons. The smallest absolute Gasteiger partial charge is 0.216 e. The van der Waals surface area contributed by atoms with E-state index < -0.39 is 9.84 Å². The standard InChI is InChI=1S/C19H13IN2O2S/c20-18-10-4-5-11-19(18)22-12-6-7-15(22)13-17(14-21)25(23,24)16-8-2-1-3-9-16/h1-13H/b17-13+. The van der Waals surface area contributed by atoms with E-state index in [4.69, 9.17) is 0 Å². The zero-order valence-electron chi connectivity index (χ0n) is 13.0. The van der Waals surface area contributed by atoms with Gasteiger partial charge in [0.05, 0.1) is 10.6 Å². The first-order chi connectivity index (χ1) is 12.0. The molecule has 6 heteroatoms. The lowest BCUT2D eigenvalue weighted by Crippen LogP contribution is -2.04. The van der Waals surface area contributed by atoms with Gasteiger partial charge in [-0.15, -0.1) is 0 Å². The third kappa shape index (κ3) is 3.52. The molecule has 0 unspecified atom stereocenters. The van der Waals surface area contributed by atoms with Crippen molar-refractivity contribution in [3.8, 4) is 11.8 Å². The molecule has 3 aromatic rings. The molecule has 2 aromatic carbocycles. The number of hydrogen-bond acceptors (Lipinski definition) is 3. The molecule has 0 aliphatic heterocycles. The summed E-state index contributed by atoms with van der Waals surface area (Å²) in [5.74, 6) is 0. The molecule has 0 spiro atoms. The van der Waals surface area contributed by atoms with Crippen LogP contribution in [0.25, 0.3) is 11.8 Å². The largest absolute Gasteiger partial charge is 0.316 e. The number of para-hydroxylation sites is 1. The van der Waals surface area contributed by atoms with E-state index in [1.165, 1.54) is 18.2 Å². The summed E-state index contributed by atoms with van der Waals surface area (Å²) in [6, 6.07) is 21.2. The van der Waals surface area contributed by atoms with Gasteiger partial charge in [-0.2, -0.15) is 5.26 Å². The molecule has 0 atom stereocenters. The predicted octanol–water partition coefficient (Wildman–Crippen LogP) is 4.42. The lowest BCUT2D eigenvalue weighted by Gasteiger charge is -2.09. The van der Waals surface area contributed by atoms with Crippen molar-refractivity contribution in [2.24, 2.45) is 0 Å². The first-order valence-corrected chi connectivity index (χ1v) is 9.94. The molecular weight excluding hydrogens is 447 g/mol. The fourth-order valence-electron chi connectivity index (χ4n) is 2.41. The second kappa shape index (κ2) is 7.25. The predicted molar refractivity (Wildman–Crippen MR) is 106 cm³/mol. The van der Waals surface area contributed by atoms with Gasteiger partial charge in [0.1, 0.15) is 6.07 Å². The summed E-state index contributed by atoms with van der Waals surface area (Å²) in [6.07, 6.45) is 3.25. The Morgan fingerprint density at radius 1 is 1.00 bits per heavy atom. The van der Waals surface area contributed by atoms with Gasteiger partial charge in [-0.05, 0) is 65.1 Å². The van der Waals surface area contributed by atoms with Gasteiger partial charge in [-0.25, -0.2) is 8.42 Å². The summed E-state index contributed by atoms with van der Waals surface area (Å²) >= 11 is 2.22. The van der Waals surface area contributed by atoms with Crippen molar-refractivity contribution < 1.29 is 8.42 Å². The molecule has 0 aliphatic rings. The van der Waals surface area contributed by atoms with Gasteiger partial charge in [0.2, 0.25) is 9.84 Å². The van der Waals surface area contributed by atoms with Crippen LogP contribution in [0.5, 0.6) is 0 Å². The van der Waals surface area contributed by atoms with E-state index in [2.05, 4.69) is 22.6 Å². The highest BCUT2D eigenvalue weighted by Crippen LogP contribution is 2.24. The summed E-state index contributed by atoms with van der Waals surface area (Å²) in [4.78, 5) is -0.181. The van der Waals surface area contributed by atoms with E-state index in [0.717, 1.165) is 9.26 Å². The van der Waals surface area contributed by atoms with E-state index in [9.17, 15) is 13.7 Å². The summed E-state index contributed by atoms with van der Waals surface area (Å²) in [5.41, 5.74) is 1.55. The second-order valence-corrected chi connectivity index (χ2v) is 8.27. The number of allylic oxidation sites excluding steroid dienone is 1. The maximum Gasteiger partial charge on any atom is 0.216 e. The average Bonchev–Trinajstić information content (AvgIpc) is 3.08. The minimum absolute atomic E-state index is 0.107. The number of rotatable bonds is 4. The Bertz CT molecular complexity index is 1080. The Labute approximate surface area is 160 Å². The number of sulfone groups is 1. The van der Waals surface area contributed by atoms with E-state index in [-0.39, 0.29) is 9.80 Å². The number of aromatic nitrogens is 1. The molecule has 25 heavy (non-hydrogen) atoms. The van der Waals surface area contributed by atoms with Gasteiger partial charge in [0.25, 0.3) is 0 Å². The molecule has 1 aromatic heterocycles. The van der Waals surface area contributed by atoms with Crippen LogP contribution < -0.4 is 0 Å². The van der Waals surface area contributed by atoms with Crippen LogP contribution in [0, 0.1) is 14.9 Å². The highest BCUT2D eigenvalue weighted by atomic mass is 127. The minimum Gasteiger partial charge on any atom is -0.316 e. The highest BCUT2D eigenvalue weighted by Gasteiger charge is 2.21. The van der Waals surface area contributed by atoms with E-state index >= 15 is 0 Å². The highest BCUT2D eigenvalue weighted by molar-refractivity contribution is 14.1. The summed E-state index contributed by atoms with van der Waals surface area (Å²) in [7, 11) is -3.85. The number of benzene rings is 2. The number of hydrogen-bond donors (Lipinski definition) is 0. The monoisotopic (exact) mass is 460 g/mol. The van der Waals surface area contributed by atoms with Crippen molar-refractivity contribution in [3.05, 3.63) is 87.1 Å². The van der Waals surface area contributed by atoms with Crippen LogP contribution in [0.2, 0.25) is 0 Å². The normalized spacial score (nSPS) is 11.9. The first-order valence-electron chi connectivity index (χ1n) is 7.38. The first kappa shape index (κ1) is 17.5. The summed E-state index contributed by atoms with van der Waals surface area (Å²) < 4.78 is 28.3. The molecule has 0 amide bonds. The quantitative estimate of drug-likeness (QED) is 0.428. The number of nitriles is 1. The molecule has 0 fully saturated rings. The fraction of sp³-hybridized carbons (Fsp3) is 0. The van der Waals surface area contributed by atoms with E-state index in [1.807, 2.05) is 47.2 Å². The molecule has 0 saturated carbocycles. The number of nitrogens with zero attached hydrogens (tertiary/aromatic N) is 2. The van der Waals surface area contributed by atoms with Crippen LogP contribution in [0.4, 0.5) is 0 Å². The van der Waals surface area contributed by atoms with Crippen LogP contribution in [0.1, 0.15) is 5.69 Å². The molecule has 1 heterocycles. The third-order valence-corrected chi connectivity index (χ3v) is 6.22. The van der Waals surface area contributed by atoms with Crippen molar-refractivity contribution in [3.63, 3.8) is 0 Å². The zero-order valence-corrected chi connectivity index (χ0v) is 16.0. The van der Waals surface area contributed by atoms with Gasteiger partial charge >= 0.3 is 0 Å². The molecule has 0 saturated heterocycles. The Morgan fingerprint density at radius 2 is 1.68 bits per heavy atom. The van der Waals surface area contributed by atoms with Gasteiger partial charge < -0.3 is 4.57 Å². The fourth-order valence-corrected chi connectivity index (χ4v) is 4.22. The maximum absolute atomic E-state index is 12.7. The van der Waals surface area contributed by atoms with Crippen LogP contribution in [-0.4, -0.2) is 13.0 Å². The second-order valence-electron chi connectivity index (χ2n) is 5.19. The summed E-state index contributed by atoms with van der Waals surface area (Å²) in [5, 5.41) is 9.43. The Morgan fingerprint density at radius 3 is 2.36 bits per heavy atom. The van der Waals surface area contributed by atoms with Crippen molar-refractivity contribution in [1.82, 2.24) is 4.57 Å². The van der Waals surface area contributed by atoms with Crippen LogP contribution in [-0.2, 0) is 9.84 Å². The van der Waals surface area contributed by atoms with Crippen molar-refractivity contribution in [2.75, 3.05) is 0 Å². The van der Waals surface area contributed by atoms with Crippen molar-refractivity contribution in [2.45, 2.75) is 4.90 Å². The Kier molecular flexibility index (Phi) is 5.06. The lowest BCUT2D eigenvalue weighted by molar-refractivity contribution is 0.603. The molecule has 0 aliphatic carbocycles. The average molecular weight is 460 g/mol. The topological polar surface area (TPSA) is 62.9 Å². The van der Waals surface area contributed by atoms with Crippen LogP contribution >= 0.6 is 22.6 Å². The summed E-state index contributed by atoms with van der Waals surface area (Å²) in [6.45, 7) is 0. The van der Waals surface area contributed by atoms with E-state index in [1.54, 1.807) is 24.3 Å². The lowest BCUT2D eigenvalue weighted by atomic mass is 10.3. The molecule has 0 N–H and O–H groups in total. The van der Waals surface area contributed by atoms with Crippen LogP contribution in [0.15, 0.2) is 82.7 Å². The maximum atomic E-state index is 12.7. The van der Waals surface area contributed by atoms with E-state index in [0.29, 0.717) is 5.69 Å². The molecule has 0 bridgehead atoms. The van der Waals surface area contributed by atoms with Gasteiger partial charge in [0, 0.05) is 15.5 Å². The molecule has 3 rings (SSSR count). The van der Waals surface area contributed by atoms with Gasteiger partial charge in [0.15, 0.2) is 4.91 Å². The molecule has 4 nitrogen and oxygen atoms in total. The van der Waals surface area contributed by atoms with Crippen LogP contribution in [0.3, 0.4) is 0 Å². The Hall–Kier alpha value is -2.37. The minimum atomic E-state index is -3.85. The zero-order chi connectivity index (χ0) is 17.9. The SMILES string of the molecule is N#C/C(=C\c1cccn1-c1ccccc1I)S(=O)(=O)c1ccccc1. The van der Waals surface area contributed by atoms with Gasteiger partial charge in [-0.3, -0.25) is 0 Å². The Balaban J connectivity index is 2.11. The number of halogens is 1. The third-order valence-electron chi connectivity index (χ3n) is 3.62. The molecular formula is C19H13IN2O2S. The van der Waals surface area contributed by atoms with Gasteiger partial charge in [-0.1, -0.05) is 30.3 Å². The van der Waals surface area contributed by atoms with Crippen molar-refractivity contribution >= 4 is 38.5 Å². The van der Waals surface area contributed by atoms with Crippen molar-refractivity contribution in [1.29, 1.82) is 5.26 Å².